The Labute approximate surface area is 118 Å². The zero-order valence-corrected chi connectivity index (χ0v) is 11.8. The van der Waals surface area contributed by atoms with Crippen molar-refractivity contribution >= 4 is 23.2 Å². The third-order valence-corrected chi connectivity index (χ3v) is 4.24. The highest BCUT2D eigenvalue weighted by atomic mass is 35.5. The number of likely N-dealkylation sites (tertiary alicyclic amines) is 1. The van der Waals surface area contributed by atoms with E-state index in [-0.39, 0.29) is 0 Å². The zero-order valence-electron chi connectivity index (χ0n) is 10.3. The van der Waals surface area contributed by atoms with Gasteiger partial charge in [-0.05, 0) is 43.0 Å². The first kappa shape index (κ1) is 12.7. The van der Waals surface area contributed by atoms with Crippen LogP contribution < -0.4 is 5.32 Å². The van der Waals surface area contributed by atoms with Crippen molar-refractivity contribution in [3.8, 4) is 0 Å². The predicted molar refractivity (Wildman–Crippen MR) is 76.3 cm³/mol. The summed E-state index contributed by atoms with van der Waals surface area (Å²) in [6, 6.07) is 7.24. The molecule has 0 bridgehead atoms. The molecule has 1 aromatic rings. The molecule has 18 heavy (non-hydrogen) atoms. The van der Waals surface area contributed by atoms with E-state index in [2.05, 4.69) is 10.2 Å². The first-order valence-electron chi connectivity index (χ1n) is 6.63. The first-order chi connectivity index (χ1) is 8.70. The number of hydrogen-bond donors (Lipinski definition) is 1. The third kappa shape index (κ3) is 3.18. The minimum Gasteiger partial charge on any atom is -0.309 e. The standard InChI is InChI=1S/C14H18Cl2N2/c15-11-5-10(6-12(16)7-11)8-17-13-3-4-18(9-13)14-1-2-14/h5-7,13-14,17H,1-4,8-9H2. The van der Waals surface area contributed by atoms with Crippen molar-refractivity contribution in [1.82, 2.24) is 10.2 Å². The molecular formula is C14H18Cl2N2. The van der Waals surface area contributed by atoms with Crippen LogP contribution in [-0.2, 0) is 6.54 Å². The van der Waals surface area contributed by atoms with Gasteiger partial charge in [-0.2, -0.15) is 0 Å². The molecule has 1 heterocycles. The van der Waals surface area contributed by atoms with Crippen LogP contribution in [0.15, 0.2) is 18.2 Å². The Balaban J connectivity index is 1.51. The number of nitrogens with zero attached hydrogens (tertiary/aromatic N) is 1. The molecule has 1 aliphatic heterocycles. The van der Waals surface area contributed by atoms with Crippen LogP contribution in [0.5, 0.6) is 0 Å². The van der Waals surface area contributed by atoms with Gasteiger partial charge >= 0.3 is 0 Å². The van der Waals surface area contributed by atoms with Crippen LogP contribution in [0, 0.1) is 0 Å². The second kappa shape index (κ2) is 5.38. The van der Waals surface area contributed by atoms with Gasteiger partial charge in [0.1, 0.15) is 0 Å². The van der Waals surface area contributed by atoms with E-state index in [0.29, 0.717) is 16.1 Å². The molecule has 0 aromatic heterocycles. The summed E-state index contributed by atoms with van der Waals surface area (Å²) in [5.41, 5.74) is 1.16. The maximum atomic E-state index is 6.00. The lowest BCUT2D eigenvalue weighted by atomic mass is 10.2. The molecule has 0 spiro atoms. The van der Waals surface area contributed by atoms with Gasteiger partial charge in [-0.1, -0.05) is 23.2 Å². The molecule has 1 atom stereocenters. The maximum absolute atomic E-state index is 6.00. The quantitative estimate of drug-likeness (QED) is 0.913. The molecule has 4 heteroatoms. The molecule has 2 fully saturated rings. The van der Waals surface area contributed by atoms with Crippen molar-refractivity contribution in [2.45, 2.75) is 37.9 Å². The van der Waals surface area contributed by atoms with E-state index < -0.39 is 0 Å². The topological polar surface area (TPSA) is 15.3 Å². The molecule has 3 rings (SSSR count). The summed E-state index contributed by atoms with van der Waals surface area (Å²) < 4.78 is 0. The van der Waals surface area contributed by atoms with E-state index in [9.17, 15) is 0 Å². The van der Waals surface area contributed by atoms with E-state index >= 15 is 0 Å². The van der Waals surface area contributed by atoms with E-state index in [1.807, 2.05) is 12.1 Å². The van der Waals surface area contributed by atoms with Gasteiger partial charge in [0.2, 0.25) is 0 Å². The molecule has 0 radical (unpaired) electrons. The number of benzene rings is 1. The Morgan fingerprint density at radius 1 is 1.11 bits per heavy atom. The van der Waals surface area contributed by atoms with E-state index in [1.54, 1.807) is 6.07 Å². The number of hydrogen-bond acceptors (Lipinski definition) is 2. The summed E-state index contributed by atoms with van der Waals surface area (Å²) in [6.45, 7) is 3.29. The van der Waals surface area contributed by atoms with Crippen molar-refractivity contribution in [3.63, 3.8) is 0 Å². The second-order valence-electron chi connectivity index (χ2n) is 5.37. The van der Waals surface area contributed by atoms with Gasteiger partial charge in [-0.15, -0.1) is 0 Å². The van der Waals surface area contributed by atoms with Gasteiger partial charge in [0.05, 0.1) is 0 Å². The van der Waals surface area contributed by atoms with Crippen LogP contribution >= 0.6 is 23.2 Å². The fourth-order valence-electron chi connectivity index (χ4n) is 2.70. The van der Waals surface area contributed by atoms with Crippen LogP contribution in [0.2, 0.25) is 10.0 Å². The third-order valence-electron chi connectivity index (χ3n) is 3.80. The summed E-state index contributed by atoms with van der Waals surface area (Å²) in [6.07, 6.45) is 4.05. The Kier molecular flexibility index (Phi) is 3.81. The van der Waals surface area contributed by atoms with Crippen molar-refractivity contribution in [1.29, 1.82) is 0 Å². The van der Waals surface area contributed by atoms with Crippen LogP contribution in [0.4, 0.5) is 0 Å². The normalized spacial score (nSPS) is 24.7. The average molecular weight is 285 g/mol. The van der Waals surface area contributed by atoms with Gasteiger partial charge in [0, 0.05) is 41.8 Å². The van der Waals surface area contributed by atoms with Crippen molar-refractivity contribution in [2.75, 3.05) is 13.1 Å². The van der Waals surface area contributed by atoms with Gasteiger partial charge in [0.15, 0.2) is 0 Å². The highest BCUT2D eigenvalue weighted by Gasteiger charge is 2.33. The Hall–Kier alpha value is -0.280. The van der Waals surface area contributed by atoms with Crippen LogP contribution in [0.3, 0.4) is 0 Å². The highest BCUT2D eigenvalue weighted by Crippen LogP contribution is 2.29. The molecular weight excluding hydrogens is 267 g/mol. The molecule has 1 aliphatic carbocycles. The minimum absolute atomic E-state index is 0.614. The fraction of sp³-hybridized carbons (Fsp3) is 0.571. The molecule has 1 saturated carbocycles. The summed E-state index contributed by atoms with van der Waals surface area (Å²) >= 11 is 12.0. The molecule has 1 unspecified atom stereocenters. The molecule has 98 valence electrons. The maximum Gasteiger partial charge on any atom is 0.0424 e. The average Bonchev–Trinajstić information content (AvgIpc) is 3.05. The van der Waals surface area contributed by atoms with Crippen LogP contribution in [0.1, 0.15) is 24.8 Å². The zero-order chi connectivity index (χ0) is 12.5. The summed E-state index contributed by atoms with van der Waals surface area (Å²) in [5, 5.41) is 5.03. The molecule has 0 amide bonds. The van der Waals surface area contributed by atoms with Crippen molar-refractivity contribution < 1.29 is 0 Å². The van der Waals surface area contributed by atoms with Gasteiger partial charge in [0.25, 0.3) is 0 Å². The lowest BCUT2D eigenvalue weighted by molar-refractivity contribution is 0.317. The summed E-state index contributed by atoms with van der Waals surface area (Å²) in [5.74, 6) is 0. The highest BCUT2D eigenvalue weighted by molar-refractivity contribution is 6.34. The molecule has 2 aliphatic rings. The largest absolute Gasteiger partial charge is 0.309 e. The van der Waals surface area contributed by atoms with E-state index in [4.69, 9.17) is 23.2 Å². The number of nitrogens with one attached hydrogen (secondary N) is 1. The smallest absolute Gasteiger partial charge is 0.0424 e. The molecule has 1 aromatic carbocycles. The lowest BCUT2D eigenvalue weighted by Crippen LogP contribution is -2.32. The minimum atomic E-state index is 0.614. The van der Waals surface area contributed by atoms with Crippen molar-refractivity contribution in [2.24, 2.45) is 0 Å². The molecule has 1 N–H and O–H groups in total. The van der Waals surface area contributed by atoms with Gasteiger partial charge in [-0.3, -0.25) is 4.90 Å². The fourth-order valence-corrected chi connectivity index (χ4v) is 3.27. The lowest BCUT2D eigenvalue weighted by Gasteiger charge is -2.16. The van der Waals surface area contributed by atoms with Crippen molar-refractivity contribution in [3.05, 3.63) is 33.8 Å². The monoisotopic (exact) mass is 284 g/mol. The molecule has 2 nitrogen and oxygen atoms in total. The van der Waals surface area contributed by atoms with Crippen LogP contribution in [0.25, 0.3) is 0 Å². The SMILES string of the molecule is Clc1cc(Cl)cc(CNC2CCN(C3CC3)C2)c1. The van der Waals surface area contributed by atoms with Crippen LogP contribution in [-0.4, -0.2) is 30.1 Å². The van der Waals surface area contributed by atoms with E-state index in [1.165, 1.54) is 32.4 Å². The van der Waals surface area contributed by atoms with E-state index in [0.717, 1.165) is 18.2 Å². The second-order valence-corrected chi connectivity index (χ2v) is 6.24. The molecule has 1 saturated heterocycles. The van der Waals surface area contributed by atoms with Gasteiger partial charge in [-0.25, -0.2) is 0 Å². The number of rotatable bonds is 4. The number of halogens is 2. The summed E-state index contributed by atoms with van der Waals surface area (Å²) in [7, 11) is 0. The Morgan fingerprint density at radius 2 is 1.83 bits per heavy atom. The van der Waals surface area contributed by atoms with Gasteiger partial charge < -0.3 is 5.32 Å². The summed E-state index contributed by atoms with van der Waals surface area (Å²) in [4.78, 5) is 2.61. The first-order valence-corrected chi connectivity index (χ1v) is 7.39. The predicted octanol–water partition coefficient (Wildman–Crippen LogP) is 3.32. The Morgan fingerprint density at radius 3 is 2.50 bits per heavy atom. The Bertz CT molecular complexity index is 412.